The van der Waals surface area contributed by atoms with Gasteiger partial charge >= 0.3 is 6.09 Å². The van der Waals surface area contributed by atoms with Crippen LogP contribution in [0.2, 0.25) is 0 Å². The third-order valence-corrected chi connectivity index (χ3v) is 6.53. The maximum absolute atomic E-state index is 12.4. The molecular weight excluding hydrogens is 396 g/mol. The van der Waals surface area contributed by atoms with Crippen molar-refractivity contribution in [3.05, 3.63) is 82.4 Å². The molecule has 32 heavy (non-hydrogen) atoms. The number of fused-ring (bicyclic) bond motifs is 2. The number of ether oxygens (including phenoxy) is 1. The summed E-state index contributed by atoms with van der Waals surface area (Å²) in [5.74, 6) is 1.11. The summed E-state index contributed by atoms with van der Waals surface area (Å²) in [7, 11) is 0. The summed E-state index contributed by atoms with van der Waals surface area (Å²) in [6.45, 7) is 7.03. The summed E-state index contributed by atoms with van der Waals surface area (Å²) in [6, 6.07) is 21.5. The second-order valence-electron chi connectivity index (χ2n) is 10.1. The van der Waals surface area contributed by atoms with Crippen molar-refractivity contribution in [2.45, 2.75) is 57.6 Å². The van der Waals surface area contributed by atoms with Crippen LogP contribution in [0.1, 0.15) is 66.8 Å². The van der Waals surface area contributed by atoms with Crippen LogP contribution in [0.3, 0.4) is 0 Å². The monoisotopic (exact) mass is 424 g/mol. The molecule has 0 aromatic heterocycles. The normalized spacial score (nSPS) is 19.9. The number of amides is 1. The standard InChI is InChI=1S/C28H28N2O2/c1-28(2,3)32-27(31)30-11-10-21-14-23(8-9-24(21)17-30)26-15-25(26)22-7-6-19-12-18(16-29)4-5-20(19)13-22/h4-9,12-14,25-26H,10-11,15,17H2,1-3H3. The van der Waals surface area contributed by atoms with E-state index in [1.165, 1.54) is 34.1 Å². The van der Waals surface area contributed by atoms with Crippen molar-refractivity contribution in [3.63, 3.8) is 0 Å². The van der Waals surface area contributed by atoms with Gasteiger partial charge < -0.3 is 9.64 Å². The van der Waals surface area contributed by atoms with Crippen LogP contribution in [0.25, 0.3) is 10.8 Å². The third kappa shape index (κ3) is 4.08. The minimum absolute atomic E-state index is 0.229. The molecule has 2 aliphatic rings. The molecule has 4 heteroatoms. The molecular formula is C28H28N2O2. The van der Waals surface area contributed by atoms with Crippen LogP contribution in [0.15, 0.2) is 54.6 Å². The van der Waals surface area contributed by atoms with Gasteiger partial charge in [0, 0.05) is 13.1 Å². The van der Waals surface area contributed by atoms with Gasteiger partial charge in [-0.05, 0) is 90.6 Å². The van der Waals surface area contributed by atoms with Crippen molar-refractivity contribution in [1.82, 2.24) is 4.90 Å². The average molecular weight is 425 g/mol. The Kier molecular flexibility index (Phi) is 4.93. The number of carbonyl (C=O) groups is 1. The summed E-state index contributed by atoms with van der Waals surface area (Å²) in [5.41, 5.74) is 5.59. The lowest BCUT2D eigenvalue weighted by Crippen LogP contribution is -2.39. The molecule has 0 saturated heterocycles. The maximum atomic E-state index is 12.4. The Morgan fingerprint density at radius 1 is 0.969 bits per heavy atom. The highest BCUT2D eigenvalue weighted by atomic mass is 16.6. The van der Waals surface area contributed by atoms with E-state index in [9.17, 15) is 4.79 Å². The van der Waals surface area contributed by atoms with E-state index in [1.807, 2.05) is 39.0 Å². The highest BCUT2D eigenvalue weighted by Crippen LogP contribution is 2.55. The number of hydrogen-bond acceptors (Lipinski definition) is 3. The van der Waals surface area contributed by atoms with E-state index in [0.717, 1.165) is 11.8 Å². The van der Waals surface area contributed by atoms with Gasteiger partial charge in [0.2, 0.25) is 0 Å². The Morgan fingerprint density at radius 3 is 2.41 bits per heavy atom. The van der Waals surface area contributed by atoms with Gasteiger partial charge in [0.25, 0.3) is 0 Å². The van der Waals surface area contributed by atoms with Crippen molar-refractivity contribution in [2.75, 3.05) is 6.54 Å². The molecule has 0 spiro atoms. The van der Waals surface area contributed by atoms with Crippen LogP contribution >= 0.6 is 0 Å². The lowest BCUT2D eigenvalue weighted by molar-refractivity contribution is 0.0224. The first-order valence-corrected chi connectivity index (χ1v) is 11.3. The lowest BCUT2D eigenvalue weighted by Gasteiger charge is -2.31. The number of carbonyl (C=O) groups excluding carboxylic acids is 1. The lowest BCUT2D eigenvalue weighted by atomic mass is 9.94. The van der Waals surface area contributed by atoms with Gasteiger partial charge in [-0.1, -0.05) is 42.5 Å². The van der Waals surface area contributed by atoms with Crippen molar-refractivity contribution in [1.29, 1.82) is 5.26 Å². The van der Waals surface area contributed by atoms with Crippen molar-refractivity contribution < 1.29 is 9.53 Å². The Morgan fingerprint density at radius 2 is 1.66 bits per heavy atom. The minimum Gasteiger partial charge on any atom is -0.444 e. The van der Waals surface area contributed by atoms with Crippen molar-refractivity contribution in [2.24, 2.45) is 0 Å². The first-order valence-electron chi connectivity index (χ1n) is 11.3. The number of hydrogen-bond donors (Lipinski definition) is 0. The highest BCUT2D eigenvalue weighted by Gasteiger charge is 2.40. The largest absolute Gasteiger partial charge is 0.444 e. The molecule has 5 rings (SSSR count). The molecule has 1 heterocycles. The van der Waals surface area contributed by atoms with Gasteiger partial charge in [0.1, 0.15) is 5.60 Å². The van der Waals surface area contributed by atoms with Crippen LogP contribution in [0, 0.1) is 11.3 Å². The molecule has 1 aliphatic heterocycles. The maximum Gasteiger partial charge on any atom is 0.410 e. The van der Waals surface area contributed by atoms with Crippen LogP contribution < -0.4 is 0 Å². The van der Waals surface area contributed by atoms with E-state index in [4.69, 9.17) is 10.00 Å². The summed E-state index contributed by atoms with van der Waals surface area (Å²) < 4.78 is 5.54. The molecule has 4 nitrogen and oxygen atoms in total. The SMILES string of the molecule is CC(C)(C)OC(=O)N1CCc2cc(C3CC3c3ccc4cc(C#N)ccc4c3)ccc2C1. The van der Waals surface area contributed by atoms with Crippen molar-refractivity contribution in [3.8, 4) is 6.07 Å². The smallest absolute Gasteiger partial charge is 0.410 e. The van der Waals surface area contributed by atoms with E-state index < -0.39 is 5.60 Å². The summed E-state index contributed by atoms with van der Waals surface area (Å²) in [6.07, 6.45) is 1.81. The number of nitriles is 1. The number of benzene rings is 3. The quantitative estimate of drug-likeness (QED) is 0.487. The second kappa shape index (κ2) is 7.67. The topological polar surface area (TPSA) is 53.3 Å². The predicted molar refractivity (Wildman–Crippen MR) is 126 cm³/mol. The van der Waals surface area contributed by atoms with Gasteiger partial charge in [-0.25, -0.2) is 4.79 Å². The fourth-order valence-corrected chi connectivity index (χ4v) is 4.78. The Labute approximate surface area is 189 Å². The third-order valence-electron chi connectivity index (χ3n) is 6.53. The van der Waals surface area contributed by atoms with E-state index in [2.05, 4.69) is 42.5 Å². The van der Waals surface area contributed by atoms with Crippen LogP contribution in [-0.4, -0.2) is 23.1 Å². The molecule has 1 amide bonds. The number of nitrogens with zero attached hydrogens (tertiary/aromatic N) is 2. The van der Waals surface area contributed by atoms with Gasteiger partial charge in [-0.3, -0.25) is 0 Å². The summed E-state index contributed by atoms with van der Waals surface area (Å²) in [4.78, 5) is 14.2. The van der Waals surface area contributed by atoms with E-state index in [-0.39, 0.29) is 6.09 Å². The summed E-state index contributed by atoms with van der Waals surface area (Å²) in [5, 5.41) is 11.4. The van der Waals surface area contributed by atoms with E-state index >= 15 is 0 Å². The predicted octanol–water partition coefficient (Wildman–Crippen LogP) is 6.28. The Hall–Kier alpha value is -3.32. The fraction of sp³-hybridized carbons (Fsp3) is 0.357. The van der Waals surface area contributed by atoms with E-state index in [0.29, 0.717) is 30.5 Å². The molecule has 1 fully saturated rings. The first kappa shape index (κ1) is 20.6. The second-order valence-corrected chi connectivity index (χ2v) is 10.1. The van der Waals surface area contributed by atoms with E-state index in [1.54, 1.807) is 4.90 Å². The molecule has 0 radical (unpaired) electrons. The van der Waals surface area contributed by atoms with Gasteiger partial charge in [0.15, 0.2) is 0 Å². The molecule has 1 aliphatic carbocycles. The van der Waals surface area contributed by atoms with Gasteiger partial charge in [-0.2, -0.15) is 5.26 Å². The van der Waals surface area contributed by atoms with Crippen LogP contribution in [-0.2, 0) is 17.7 Å². The van der Waals surface area contributed by atoms with Crippen LogP contribution in [0.4, 0.5) is 4.79 Å². The molecule has 0 N–H and O–H groups in total. The summed E-state index contributed by atoms with van der Waals surface area (Å²) >= 11 is 0. The molecule has 1 saturated carbocycles. The van der Waals surface area contributed by atoms with Crippen LogP contribution in [0.5, 0.6) is 0 Å². The molecule has 0 bridgehead atoms. The molecule has 2 atom stereocenters. The zero-order valence-electron chi connectivity index (χ0n) is 18.9. The minimum atomic E-state index is -0.469. The molecule has 2 unspecified atom stereocenters. The van der Waals surface area contributed by atoms with Gasteiger partial charge in [-0.15, -0.1) is 0 Å². The first-order chi connectivity index (χ1) is 15.3. The zero-order valence-corrected chi connectivity index (χ0v) is 18.9. The average Bonchev–Trinajstić information content (AvgIpc) is 3.57. The molecule has 3 aromatic carbocycles. The van der Waals surface area contributed by atoms with Gasteiger partial charge in [0.05, 0.1) is 11.6 Å². The van der Waals surface area contributed by atoms with Crippen molar-refractivity contribution >= 4 is 16.9 Å². The zero-order chi connectivity index (χ0) is 22.5. The molecule has 3 aromatic rings. The Bertz CT molecular complexity index is 1250. The number of rotatable bonds is 2. The fourth-order valence-electron chi connectivity index (χ4n) is 4.78. The Balaban J connectivity index is 1.29. The highest BCUT2D eigenvalue weighted by molar-refractivity contribution is 5.84. The molecule has 162 valence electrons.